The summed E-state index contributed by atoms with van der Waals surface area (Å²) in [6, 6.07) is 5.33. The van der Waals surface area contributed by atoms with Gasteiger partial charge < -0.3 is 24.4 Å². The van der Waals surface area contributed by atoms with E-state index >= 15 is 0 Å². The number of ether oxygens (including phenoxy) is 3. The Kier molecular flexibility index (Phi) is 6.95. The molecule has 27 heavy (non-hydrogen) atoms. The highest BCUT2D eigenvalue weighted by Crippen LogP contribution is 2.31. The molecule has 1 amide bonds. The number of carbonyl (C=O) groups excluding carboxylic acids is 3. The summed E-state index contributed by atoms with van der Waals surface area (Å²) in [5, 5.41) is 2.82. The maximum Gasteiger partial charge on any atom is 0.355 e. The molecular formula is C19H24N2O6. The highest BCUT2D eigenvalue weighted by molar-refractivity contribution is 6.03. The fourth-order valence-electron chi connectivity index (χ4n) is 2.76. The van der Waals surface area contributed by atoms with Crippen molar-refractivity contribution in [3.63, 3.8) is 0 Å². The standard InChI is InChI=1S/C19H24N2O6/c1-5-6-16(22)20-13-8-7-12(2)15(9-13)21-11-27-10-14(18(23)25-3)17(21)19(24)26-4/h7-9H,5-6,10-11H2,1-4H3,(H,20,22). The molecule has 1 aliphatic rings. The number of methoxy groups -OCH3 is 2. The molecule has 0 aliphatic carbocycles. The van der Waals surface area contributed by atoms with Gasteiger partial charge in [-0.25, -0.2) is 9.59 Å². The second-order valence-corrected chi connectivity index (χ2v) is 6.02. The van der Waals surface area contributed by atoms with E-state index < -0.39 is 11.9 Å². The van der Waals surface area contributed by atoms with Gasteiger partial charge in [-0.2, -0.15) is 0 Å². The summed E-state index contributed by atoms with van der Waals surface area (Å²) in [4.78, 5) is 37.9. The normalized spacial score (nSPS) is 14.0. The number of nitrogens with zero attached hydrogens (tertiary/aromatic N) is 1. The molecule has 0 spiro atoms. The van der Waals surface area contributed by atoms with Crippen LogP contribution in [0.25, 0.3) is 0 Å². The summed E-state index contributed by atoms with van der Waals surface area (Å²) in [6.07, 6.45) is 1.15. The molecule has 2 rings (SSSR count). The Balaban J connectivity index is 2.49. The van der Waals surface area contributed by atoms with Gasteiger partial charge in [0.2, 0.25) is 5.91 Å². The van der Waals surface area contributed by atoms with Crippen LogP contribution in [0.4, 0.5) is 11.4 Å². The molecule has 0 fully saturated rings. The molecule has 0 unspecified atom stereocenters. The van der Waals surface area contributed by atoms with Crippen LogP contribution in [0.5, 0.6) is 0 Å². The largest absolute Gasteiger partial charge is 0.466 e. The first-order chi connectivity index (χ1) is 12.9. The number of rotatable bonds is 6. The smallest absolute Gasteiger partial charge is 0.355 e. The van der Waals surface area contributed by atoms with Crippen LogP contribution >= 0.6 is 0 Å². The first-order valence-electron chi connectivity index (χ1n) is 8.58. The molecule has 146 valence electrons. The number of aryl methyl sites for hydroxylation is 1. The number of hydrogen-bond acceptors (Lipinski definition) is 7. The van der Waals surface area contributed by atoms with Crippen LogP contribution in [0.1, 0.15) is 25.3 Å². The Morgan fingerprint density at radius 2 is 1.89 bits per heavy atom. The molecule has 1 N–H and O–H groups in total. The highest BCUT2D eigenvalue weighted by atomic mass is 16.5. The van der Waals surface area contributed by atoms with Gasteiger partial charge in [0.05, 0.1) is 26.4 Å². The van der Waals surface area contributed by atoms with Gasteiger partial charge in [0.15, 0.2) is 0 Å². The second-order valence-electron chi connectivity index (χ2n) is 6.02. The van der Waals surface area contributed by atoms with E-state index in [2.05, 4.69) is 5.32 Å². The average molecular weight is 376 g/mol. The molecule has 1 aliphatic heterocycles. The Hall–Kier alpha value is -2.87. The Labute approximate surface area is 158 Å². The maximum absolute atomic E-state index is 12.4. The van der Waals surface area contributed by atoms with Gasteiger partial charge in [0.25, 0.3) is 0 Å². The van der Waals surface area contributed by atoms with Crippen molar-refractivity contribution in [2.75, 3.05) is 37.8 Å². The third-order valence-electron chi connectivity index (χ3n) is 4.09. The molecule has 8 nitrogen and oxygen atoms in total. The zero-order valence-electron chi connectivity index (χ0n) is 16.0. The molecule has 8 heteroatoms. The van der Waals surface area contributed by atoms with E-state index in [4.69, 9.17) is 14.2 Å². The zero-order valence-corrected chi connectivity index (χ0v) is 16.0. The van der Waals surface area contributed by atoms with Crippen molar-refractivity contribution in [1.82, 2.24) is 0 Å². The second kappa shape index (κ2) is 9.18. The molecule has 0 atom stereocenters. The Morgan fingerprint density at radius 1 is 1.19 bits per heavy atom. The zero-order chi connectivity index (χ0) is 20.0. The fraction of sp³-hybridized carbons (Fsp3) is 0.421. The quantitative estimate of drug-likeness (QED) is 0.760. The molecule has 1 aromatic rings. The predicted octanol–water partition coefficient (Wildman–Crippen LogP) is 2.13. The summed E-state index contributed by atoms with van der Waals surface area (Å²) in [7, 11) is 2.48. The maximum atomic E-state index is 12.4. The summed E-state index contributed by atoms with van der Waals surface area (Å²) >= 11 is 0. The van der Waals surface area contributed by atoms with Crippen LogP contribution in [0.15, 0.2) is 29.5 Å². The molecular weight excluding hydrogens is 352 g/mol. The lowest BCUT2D eigenvalue weighted by atomic mass is 10.1. The van der Waals surface area contributed by atoms with Crippen LogP contribution < -0.4 is 10.2 Å². The van der Waals surface area contributed by atoms with E-state index in [9.17, 15) is 14.4 Å². The van der Waals surface area contributed by atoms with E-state index in [0.29, 0.717) is 17.8 Å². The van der Waals surface area contributed by atoms with Gasteiger partial charge >= 0.3 is 11.9 Å². The van der Waals surface area contributed by atoms with Gasteiger partial charge in [-0.3, -0.25) is 4.79 Å². The minimum Gasteiger partial charge on any atom is -0.466 e. The van der Waals surface area contributed by atoms with Gasteiger partial charge in [0, 0.05) is 17.8 Å². The third kappa shape index (κ3) is 4.65. The molecule has 0 saturated carbocycles. The van der Waals surface area contributed by atoms with Gasteiger partial charge in [-0.15, -0.1) is 0 Å². The lowest BCUT2D eigenvalue weighted by molar-refractivity contribution is -0.140. The monoisotopic (exact) mass is 376 g/mol. The van der Waals surface area contributed by atoms with Crippen molar-refractivity contribution in [2.24, 2.45) is 0 Å². The summed E-state index contributed by atoms with van der Waals surface area (Å²) < 4.78 is 15.1. The van der Waals surface area contributed by atoms with Crippen molar-refractivity contribution in [1.29, 1.82) is 0 Å². The Morgan fingerprint density at radius 3 is 2.52 bits per heavy atom. The number of nitrogens with one attached hydrogen (secondary N) is 1. The van der Waals surface area contributed by atoms with E-state index in [1.807, 2.05) is 19.9 Å². The highest BCUT2D eigenvalue weighted by Gasteiger charge is 2.33. The molecule has 0 bridgehead atoms. The number of benzene rings is 1. The molecule has 1 aromatic carbocycles. The van der Waals surface area contributed by atoms with Crippen LogP contribution in [0.2, 0.25) is 0 Å². The van der Waals surface area contributed by atoms with Crippen LogP contribution in [0.3, 0.4) is 0 Å². The van der Waals surface area contributed by atoms with E-state index in [1.165, 1.54) is 14.2 Å². The fourth-order valence-corrected chi connectivity index (χ4v) is 2.76. The van der Waals surface area contributed by atoms with Gasteiger partial charge in [0.1, 0.15) is 12.4 Å². The predicted molar refractivity (Wildman–Crippen MR) is 99.1 cm³/mol. The number of anilines is 2. The van der Waals surface area contributed by atoms with Crippen molar-refractivity contribution in [2.45, 2.75) is 26.7 Å². The summed E-state index contributed by atoms with van der Waals surface area (Å²) in [5.41, 5.74) is 2.18. The van der Waals surface area contributed by atoms with Crippen molar-refractivity contribution >= 4 is 29.2 Å². The van der Waals surface area contributed by atoms with Crippen LogP contribution in [-0.4, -0.2) is 45.4 Å². The topological polar surface area (TPSA) is 94.2 Å². The van der Waals surface area contributed by atoms with Gasteiger partial charge in [-0.1, -0.05) is 13.0 Å². The number of carbonyl (C=O) groups is 3. The molecule has 0 radical (unpaired) electrons. The minimum absolute atomic E-state index is 0.0537. The van der Waals surface area contributed by atoms with Crippen molar-refractivity contribution < 1.29 is 28.6 Å². The Bertz CT molecular complexity index is 771. The van der Waals surface area contributed by atoms with Crippen molar-refractivity contribution in [3.05, 3.63) is 35.0 Å². The minimum atomic E-state index is -0.668. The first-order valence-corrected chi connectivity index (χ1v) is 8.58. The summed E-state index contributed by atoms with van der Waals surface area (Å²) in [6.45, 7) is 3.78. The molecule has 0 saturated heterocycles. The molecule has 1 heterocycles. The van der Waals surface area contributed by atoms with Crippen LogP contribution in [0, 0.1) is 6.92 Å². The van der Waals surface area contributed by atoms with E-state index in [1.54, 1.807) is 17.0 Å². The lowest BCUT2D eigenvalue weighted by Gasteiger charge is -2.32. The molecule has 0 aromatic heterocycles. The third-order valence-corrected chi connectivity index (χ3v) is 4.09. The lowest BCUT2D eigenvalue weighted by Crippen LogP contribution is -2.39. The first kappa shape index (κ1) is 20.4. The van der Waals surface area contributed by atoms with Crippen molar-refractivity contribution in [3.8, 4) is 0 Å². The van der Waals surface area contributed by atoms with E-state index in [-0.39, 0.29) is 30.5 Å². The average Bonchev–Trinajstić information content (AvgIpc) is 2.67. The number of esters is 2. The van der Waals surface area contributed by atoms with E-state index in [0.717, 1.165) is 12.0 Å². The number of hydrogen-bond donors (Lipinski definition) is 1. The van der Waals surface area contributed by atoms with Gasteiger partial charge in [-0.05, 0) is 31.0 Å². The summed E-state index contributed by atoms with van der Waals surface area (Å²) in [5.74, 6) is -1.43. The SMILES string of the molecule is CCCC(=O)Nc1ccc(C)c(N2COCC(C(=O)OC)=C2C(=O)OC)c1. The number of amides is 1. The van der Waals surface area contributed by atoms with Crippen LogP contribution in [-0.2, 0) is 28.6 Å².